The predicted octanol–water partition coefficient (Wildman–Crippen LogP) is 2.36. The first-order chi connectivity index (χ1) is 8.25. The molecule has 2 unspecified atom stereocenters. The maximum atomic E-state index is 12.9. The van der Waals surface area contributed by atoms with Crippen LogP contribution in [0.3, 0.4) is 0 Å². The quantitative estimate of drug-likeness (QED) is 0.846. The zero-order valence-electron chi connectivity index (χ0n) is 10.2. The van der Waals surface area contributed by atoms with Crippen molar-refractivity contribution in [3.05, 3.63) is 0 Å². The molecule has 0 aliphatic carbocycles. The first-order valence-corrected chi connectivity index (χ1v) is 6.95. The summed E-state index contributed by atoms with van der Waals surface area (Å²) in [6.45, 7) is 1.63. The third-order valence-electron chi connectivity index (χ3n) is 2.19. The Morgan fingerprint density at radius 3 is 2.39 bits per heavy atom. The summed E-state index contributed by atoms with van der Waals surface area (Å²) in [5.74, 6) is 0. The van der Waals surface area contributed by atoms with Crippen molar-refractivity contribution >= 4 is 28.2 Å². The van der Waals surface area contributed by atoms with Crippen molar-refractivity contribution in [1.29, 1.82) is 0 Å². The second kappa shape index (κ2) is 6.07. The van der Waals surface area contributed by atoms with E-state index in [4.69, 9.17) is 5.73 Å². The molecular formula is C9H15F3N4S2. The SMILES string of the molecule is CCC(N)C(Sc1nnc(N(C)C)s1)C(F)(F)F. The maximum absolute atomic E-state index is 12.9. The van der Waals surface area contributed by atoms with Gasteiger partial charge in [0.15, 0.2) is 4.34 Å². The molecule has 0 amide bonds. The number of hydrogen-bond acceptors (Lipinski definition) is 6. The highest BCUT2D eigenvalue weighted by molar-refractivity contribution is 8.01. The minimum absolute atomic E-state index is 0.260. The van der Waals surface area contributed by atoms with Gasteiger partial charge in [-0.05, 0) is 6.42 Å². The number of nitrogens with two attached hydrogens (primary N) is 1. The van der Waals surface area contributed by atoms with Crippen LogP contribution in [0.4, 0.5) is 18.3 Å². The average Bonchev–Trinajstić information content (AvgIpc) is 2.72. The summed E-state index contributed by atoms with van der Waals surface area (Å²) in [5.41, 5.74) is 5.52. The Morgan fingerprint density at radius 2 is 2.00 bits per heavy atom. The minimum Gasteiger partial charge on any atom is -0.353 e. The third kappa shape index (κ3) is 3.99. The fourth-order valence-electron chi connectivity index (χ4n) is 1.15. The monoisotopic (exact) mass is 300 g/mol. The number of hydrogen-bond donors (Lipinski definition) is 1. The predicted molar refractivity (Wildman–Crippen MR) is 68.2 cm³/mol. The third-order valence-corrected chi connectivity index (χ3v) is 4.77. The molecule has 0 saturated heterocycles. The fourth-order valence-corrected chi connectivity index (χ4v) is 3.19. The average molecular weight is 300 g/mol. The first-order valence-electron chi connectivity index (χ1n) is 5.25. The molecule has 2 atom stereocenters. The maximum Gasteiger partial charge on any atom is 0.402 e. The summed E-state index contributed by atoms with van der Waals surface area (Å²) < 4.78 is 38.8. The lowest BCUT2D eigenvalue weighted by atomic mass is 10.1. The largest absolute Gasteiger partial charge is 0.402 e. The van der Waals surface area contributed by atoms with E-state index in [1.54, 1.807) is 25.9 Å². The fraction of sp³-hybridized carbons (Fsp3) is 0.778. The number of rotatable bonds is 5. The van der Waals surface area contributed by atoms with Crippen molar-refractivity contribution in [2.24, 2.45) is 5.73 Å². The molecule has 18 heavy (non-hydrogen) atoms. The molecule has 0 saturated carbocycles. The number of alkyl halides is 3. The number of nitrogens with zero attached hydrogens (tertiary/aromatic N) is 3. The van der Waals surface area contributed by atoms with E-state index in [9.17, 15) is 13.2 Å². The van der Waals surface area contributed by atoms with Crippen LogP contribution in [-0.4, -0.2) is 41.8 Å². The highest BCUT2D eigenvalue weighted by Crippen LogP contribution is 2.39. The van der Waals surface area contributed by atoms with E-state index in [2.05, 4.69) is 10.2 Å². The molecule has 0 radical (unpaired) electrons. The molecule has 0 spiro atoms. The second-order valence-electron chi connectivity index (χ2n) is 3.90. The Kier molecular flexibility index (Phi) is 5.23. The van der Waals surface area contributed by atoms with Crippen LogP contribution in [0.1, 0.15) is 13.3 Å². The van der Waals surface area contributed by atoms with Gasteiger partial charge in [0, 0.05) is 20.1 Å². The molecule has 2 N–H and O–H groups in total. The molecular weight excluding hydrogens is 285 g/mol. The second-order valence-corrected chi connectivity index (χ2v) is 6.24. The molecule has 1 aromatic rings. The van der Waals surface area contributed by atoms with Gasteiger partial charge in [0.2, 0.25) is 5.13 Å². The van der Waals surface area contributed by atoms with Gasteiger partial charge in [0.05, 0.1) is 0 Å². The van der Waals surface area contributed by atoms with Crippen LogP contribution in [0, 0.1) is 0 Å². The molecule has 104 valence electrons. The number of anilines is 1. The Balaban J connectivity index is 2.83. The van der Waals surface area contributed by atoms with Crippen LogP contribution in [0.5, 0.6) is 0 Å². The molecule has 0 aliphatic rings. The smallest absolute Gasteiger partial charge is 0.353 e. The number of aromatic nitrogens is 2. The molecule has 1 aromatic heterocycles. The van der Waals surface area contributed by atoms with E-state index in [1.165, 1.54) is 0 Å². The van der Waals surface area contributed by atoms with E-state index in [0.717, 1.165) is 11.3 Å². The van der Waals surface area contributed by atoms with Crippen molar-refractivity contribution in [2.45, 2.75) is 35.2 Å². The topological polar surface area (TPSA) is 55.0 Å². The highest BCUT2D eigenvalue weighted by Gasteiger charge is 2.44. The molecule has 0 bridgehead atoms. The summed E-state index contributed by atoms with van der Waals surface area (Å²) in [6, 6.07) is -0.943. The van der Waals surface area contributed by atoms with Gasteiger partial charge in [-0.15, -0.1) is 10.2 Å². The van der Waals surface area contributed by atoms with Gasteiger partial charge in [-0.2, -0.15) is 13.2 Å². The van der Waals surface area contributed by atoms with Crippen LogP contribution in [0.25, 0.3) is 0 Å². The van der Waals surface area contributed by atoms with Gasteiger partial charge < -0.3 is 10.6 Å². The van der Waals surface area contributed by atoms with Gasteiger partial charge in [-0.1, -0.05) is 30.0 Å². The molecule has 9 heteroatoms. The Bertz CT molecular complexity index is 380. The van der Waals surface area contributed by atoms with E-state index >= 15 is 0 Å². The van der Waals surface area contributed by atoms with Crippen LogP contribution in [0.2, 0.25) is 0 Å². The lowest BCUT2D eigenvalue weighted by Crippen LogP contribution is -2.42. The van der Waals surface area contributed by atoms with E-state index < -0.39 is 17.5 Å². The molecule has 1 rings (SSSR count). The normalized spacial score (nSPS) is 15.5. The first kappa shape index (κ1) is 15.5. The Morgan fingerprint density at radius 1 is 1.39 bits per heavy atom. The standard InChI is InChI=1S/C9H15F3N4S2/c1-4-5(13)6(9(10,11)12)17-8-15-14-7(18-8)16(2)3/h5-6H,4,13H2,1-3H3. The Hall–Kier alpha value is -0.540. The van der Waals surface area contributed by atoms with Crippen molar-refractivity contribution in [3.63, 3.8) is 0 Å². The van der Waals surface area contributed by atoms with Gasteiger partial charge >= 0.3 is 6.18 Å². The van der Waals surface area contributed by atoms with Crippen molar-refractivity contribution in [1.82, 2.24) is 10.2 Å². The summed E-state index contributed by atoms with van der Waals surface area (Å²) in [4.78, 5) is 1.70. The Labute approximate surface area is 112 Å². The molecule has 0 fully saturated rings. The zero-order chi connectivity index (χ0) is 13.9. The summed E-state index contributed by atoms with van der Waals surface area (Å²) in [7, 11) is 3.52. The van der Waals surface area contributed by atoms with E-state index in [1.807, 2.05) is 0 Å². The van der Waals surface area contributed by atoms with Gasteiger partial charge in [-0.3, -0.25) is 0 Å². The van der Waals surface area contributed by atoms with Crippen molar-refractivity contribution in [3.8, 4) is 0 Å². The summed E-state index contributed by atoms with van der Waals surface area (Å²) in [5, 5.41) is 6.47. The minimum atomic E-state index is -4.34. The summed E-state index contributed by atoms with van der Waals surface area (Å²) >= 11 is 1.76. The number of halogens is 3. The van der Waals surface area contributed by atoms with Crippen LogP contribution in [-0.2, 0) is 0 Å². The summed E-state index contributed by atoms with van der Waals surface area (Å²) in [6.07, 6.45) is -4.08. The lowest BCUT2D eigenvalue weighted by molar-refractivity contribution is -0.132. The van der Waals surface area contributed by atoms with Gasteiger partial charge in [-0.25, -0.2) is 0 Å². The van der Waals surface area contributed by atoms with Crippen molar-refractivity contribution < 1.29 is 13.2 Å². The molecule has 0 aliphatic heterocycles. The lowest BCUT2D eigenvalue weighted by Gasteiger charge is -2.23. The molecule has 4 nitrogen and oxygen atoms in total. The zero-order valence-corrected chi connectivity index (χ0v) is 11.9. The number of thioether (sulfide) groups is 1. The highest BCUT2D eigenvalue weighted by atomic mass is 32.2. The van der Waals surface area contributed by atoms with Crippen LogP contribution >= 0.6 is 23.1 Å². The van der Waals surface area contributed by atoms with Gasteiger partial charge in [0.25, 0.3) is 0 Å². The molecule has 1 heterocycles. The van der Waals surface area contributed by atoms with Gasteiger partial charge in [0.1, 0.15) is 5.25 Å². The van der Waals surface area contributed by atoms with Crippen LogP contribution in [0.15, 0.2) is 4.34 Å². The van der Waals surface area contributed by atoms with E-state index in [-0.39, 0.29) is 10.8 Å². The van der Waals surface area contributed by atoms with Crippen LogP contribution < -0.4 is 10.6 Å². The van der Waals surface area contributed by atoms with Crippen molar-refractivity contribution in [2.75, 3.05) is 19.0 Å². The molecule has 0 aromatic carbocycles. The van der Waals surface area contributed by atoms with E-state index in [0.29, 0.717) is 16.9 Å².